The van der Waals surface area contributed by atoms with Crippen molar-refractivity contribution in [2.45, 2.75) is 39.5 Å². The van der Waals surface area contributed by atoms with Gasteiger partial charge in [0.05, 0.1) is 13.5 Å². The maximum atomic E-state index is 10.9. The number of aliphatic carboxylic acids is 1. The Morgan fingerprint density at radius 2 is 1.82 bits per heavy atom. The van der Waals surface area contributed by atoms with Crippen LogP contribution in [-0.2, 0) is 10.2 Å². The van der Waals surface area contributed by atoms with Gasteiger partial charge in [-0.2, -0.15) is 0 Å². The van der Waals surface area contributed by atoms with Crippen molar-refractivity contribution < 1.29 is 14.6 Å². The molecule has 0 aliphatic carbocycles. The molecule has 0 aliphatic rings. The van der Waals surface area contributed by atoms with Crippen molar-refractivity contribution in [2.75, 3.05) is 7.11 Å². The lowest BCUT2D eigenvalue weighted by atomic mass is 9.78. The van der Waals surface area contributed by atoms with Crippen LogP contribution < -0.4 is 4.74 Å². The highest BCUT2D eigenvalue weighted by Gasteiger charge is 2.29. The number of ether oxygens (including phenoxy) is 1. The molecule has 0 unspecified atom stereocenters. The minimum Gasteiger partial charge on any atom is -0.496 e. The molecular weight excluding hydrogens is 216 g/mol. The third kappa shape index (κ3) is 2.78. The number of carbonyl (C=O) groups is 1. The number of hydrogen-bond donors (Lipinski definition) is 1. The van der Waals surface area contributed by atoms with Crippen LogP contribution in [-0.4, -0.2) is 18.2 Å². The average Bonchev–Trinajstić information content (AvgIpc) is 2.18. The van der Waals surface area contributed by atoms with Crippen molar-refractivity contribution >= 4 is 5.97 Å². The molecule has 3 heteroatoms. The van der Waals surface area contributed by atoms with Gasteiger partial charge in [0.25, 0.3) is 0 Å². The topological polar surface area (TPSA) is 46.5 Å². The molecule has 1 aromatic carbocycles. The largest absolute Gasteiger partial charge is 0.496 e. The first kappa shape index (κ1) is 13.6. The fraction of sp³-hybridized carbons (Fsp3) is 0.500. The maximum absolute atomic E-state index is 10.9. The van der Waals surface area contributed by atoms with Gasteiger partial charge in [-0.25, -0.2) is 0 Å². The standard InChI is InChI=1S/C14H20O3/c1-9-6-7-10(2)13(17-5)12(9)14(3,4)8-11(15)16/h6-7H,8H2,1-5H3,(H,15,16). The summed E-state index contributed by atoms with van der Waals surface area (Å²) in [6, 6.07) is 4.01. The molecule has 0 fully saturated rings. The predicted octanol–water partition coefficient (Wildman–Crippen LogP) is 3.06. The molecule has 0 saturated carbocycles. The van der Waals surface area contributed by atoms with Gasteiger partial charge in [0.15, 0.2) is 0 Å². The van der Waals surface area contributed by atoms with Crippen molar-refractivity contribution in [1.29, 1.82) is 0 Å². The first-order valence-corrected chi connectivity index (χ1v) is 5.66. The van der Waals surface area contributed by atoms with Gasteiger partial charge in [0.2, 0.25) is 0 Å². The van der Waals surface area contributed by atoms with Gasteiger partial charge in [0.1, 0.15) is 5.75 Å². The lowest BCUT2D eigenvalue weighted by Crippen LogP contribution is -2.24. The van der Waals surface area contributed by atoms with E-state index in [1.54, 1.807) is 7.11 Å². The number of carboxylic acid groups (broad SMARTS) is 1. The zero-order valence-corrected chi connectivity index (χ0v) is 11.1. The normalized spacial score (nSPS) is 11.4. The zero-order chi connectivity index (χ0) is 13.2. The van der Waals surface area contributed by atoms with Gasteiger partial charge in [0, 0.05) is 11.0 Å². The van der Waals surface area contributed by atoms with E-state index in [0.717, 1.165) is 22.4 Å². The first-order chi connectivity index (χ1) is 7.79. The Morgan fingerprint density at radius 3 is 2.29 bits per heavy atom. The molecule has 0 spiro atoms. The highest BCUT2D eigenvalue weighted by Crippen LogP contribution is 2.38. The Balaban J connectivity index is 3.38. The second-order valence-electron chi connectivity index (χ2n) is 5.06. The second-order valence-corrected chi connectivity index (χ2v) is 5.06. The predicted molar refractivity (Wildman–Crippen MR) is 67.7 cm³/mol. The molecule has 0 aromatic heterocycles. The van der Waals surface area contributed by atoms with E-state index >= 15 is 0 Å². The summed E-state index contributed by atoms with van der Waals surface area (Å²) in [6.07, 6.45) is 0.0909. The van der Waals surface area contributed by atoms with E-state index in [1.807, 2.05) is 39.8 Å². The fourth-order valence-electron chi connectivity index (χ4n) is 2.36. The molecule has 0 amide bonds. The van der Waals surface area contributed by atoms with Gasteiger partial charge in [-0.1, -0.05) is 26.0 Å². The molecule has 0 atom stereocenters. The molecular formula is C14H20O3. The highest BCUT2D eigenvalue weighted by molar-refractivity contribution is 5.69. The van der Waals surface area contributed by atoms with Crippen LogP contribution >= 0.6 is 0 Å². The van der Waals surface area contributed by atoms with E-state index < -0.39 is 11.4 Å². The van der Waals surface area contributed by atoms with Crippen LogP contribution in [0.3, 0.4) is 0 Å². The smallest absolute Gasteiger partial charge is 0.304 e. The van der Waals surface area contributed by atoms with Gasteiger partial charge < -0.3 is 9.84 Å². The van der Waals surface area contributed by atoms with Crippen LogP contribution in [0.1, 0.15) is 37.0 Å². The molecule has 1 N–H and O–H groups in total. The van der Waals surface area contributed by atoms with E-state index in [9.17, 15) is 4.79 Å². The van der Waals surface area contributed by atoms with Gasteiger partial charge in [-0.3, -0.25) is 4.79 Å². The number of carboxylic acids is 1. The van der Waals surface area contributed by atoms with Crippen LogP contribution in [0.2, 0.25) is 0 Å². The van der Waals surface area contributed by atoms with Crippen molar-refractivity contribution in [3.63, 3.8) is 0 Å². The van der Waals surface area contributed by atoms with Gasteiger partial charge in [-0.15, -0.1) is 0 Å². The van der Waals surface area contributed by atoms with Crippen LogP contribution in [0.25, 0.3) is 0 Å². The van der Waals surface area contributed by atoms with Crippen LogP contribution in [0, 0.1) is 13.8 Å². The lowest BCUT2D eigenvalue weighted by molar-refractivity contribution is -0.138. The molecule has 17 heavy (non-hydrogen) atoms. The summed E-state index contributed by atoms with van der Waals surface area (Å²) in [7, 11) is 1.63. The SMILES string of the molecule is COc1c(C)ccc(C)c1C(C)(C)CC(=O)O. The summed E-state index contributed by atoms with van der Waals surface area (Å²) in [5, 5.41) is 8.99. The molecule has 0 bridgehead atoms. The maximum Gasteiger partial charge on any atom is 0.304 e. The number of aryl methyl sites for hydroxylation is 2. The summed E-state index contributed by atoms with van der Waals surface area (Å²) < 4.78 is 5.43. The Kier molecular flexibility index (Phi) is 3.81. The van der Waals surface area contributed by atoms with E-state index in [2.05, 4.69) is 0 Å². The molecule has 1 aromatic rings. The molecule has 0 aliphatic heterocycles. The number of methoxy groups -OCH3 is 1. The molecule has 3 nitrogen and oxygen atoms in total. The van der Waals surface area contributed by atoms with Crippen LogP contribution in [0.15, 0.2) is 12.1 Å². The van der Waals surface area contributed by atoms with E-state index in [1.165, 1.54) is 0 Å². The third-order valence-electron chi connectivity index (χ3n) is 3.04. The summed E-state index contributed by atoms with van der Waals surface area (Å²) in [5.41, 5.74) is 2.65. The zero-order valence-electron chi connectivity index (χ0n) is 11.1. The Bertz CT molecular complexity index is 433. The quantitative estimate of drug-likeness (QED) is 0.874. The summed E-state index contributed by atoms with van der Waals surface area (Å²) in [5.74, 6) is 0.00853. The van der Waals surface area contributed by atoms with E-state index in [4.69, 9.17) is 9.84 Å². The van der Waals surface area contributed by atoms with E-state index in [0.29, 0.717) is 0 Å². The number of benzene rings is 1. The Morgan fingerprint density at radius 1 is 1.29 bits per heavy atom. The average molecular weight is 236 g/mol. The van der Waals surface area contributed by atoms with Gasteiger partial charge in [-0.05, 0) is 25.0 Å². The number of hydrogen-bond acceptors (Lipinski definition) is 2. The number of rotatable bonds is 4. The van der Waals surface area contributed by atoms with Crippen molar-refractivity contribution in [2.24, 2.45) is 0 Å². The lowest BCUT2D eigenvalue weighted by Gasteiger charge is -2.28. The fourth-order valence-corrected chi connectivity index (χ4v) is 2.36. The Labute approximate surface area is 102 Å². The van der Waals surface area contributed by atoms with Gasteiger partial charge >= 0.3 is 5.97 Å². The molecule has 1 rings (SSSR count). The third-order valence-corrected chi connectivity index (χ3v) is 3.04. The van der Waals surface area contributed by atoms with Crippen molar-refractivity contribution in [1.82, 2.24) is 0 Å². The van der Waals surface area contributed by atoms with Crippen molar-refractivity contribution in [3.8, 4) is 5.75 Å². The van der Waals surface area contributed by atoms with Crippen LogP contribution in [0.4, 0.5) is 0 Å². The van der Waals surface area contributed by atoms with E-state index in [-0.39, 0.29) is 6.42 Å². The van der Waals surface area contributed by atoms with Crippen molar-refractivity contribution in [3.05, 3.63) is 28.8 Å². The second kappa shape index (κ2) is 4.78. The minimum absolute atomic E-state index is 0.0909. The molecule has 0 heterocycles. The molecule has 0 saturated heterocycles. The molecule has 94 valence electrons. The Hall–Kier alpha value is -1.51. The summed E-state index contributed by atoms with van der Waals surface area (Å²) in [6.45, 7) is 7.83. The summed E-state index contributed by atoms with van der Waals surface area (Å²) >= 11 is 0. The highest BCUT2D eigenvalue weighted by atomic mass is 16.5. The van der Waals surface area contributed by atoms with Crippen LogP contribution in [0.5, 0.6) is 5.75 Å². The minimum atomic E-state index is -0.794. The first-order valence-electron chi connectivity index (χ1n) is 5.66. The molecule has 0 radical (unpaired) electrons. The monoisotopic (exact) mass is 236 g/mol. The summed E-state index contributed by atoms with van der Waals surface area (Å²) in [4.78, 5) is 10.9.